The van der Waals surface area contributed by atoms with Gasteiger partial charge in [-0.15, -0.1) is 0 Å². The van der Waals surface area contributed by atoms with Gasteiger partial charge >= 0.3 is 0 Å². The smallest absolute Gasteiger partial charge is 0.0914 e. The van der Waals surface area contributed by atoms with Gasteiger partial charge in [-0.3, -0.25) is 0 Å². The summed E-state index contributed by atoms with van der Waals surface area (Å²) in [5, 5.41) is 15.9. The Kier molecular flexibility index (Phi) is 5.77. The Morgan fingerprint density at radius 2 is 1.54 bits per heavy atom. The molecule has 0 aliphatic heterocycles. The summed E-state index contributed by atoms with van der Waals surface area (Å²) < 4.78 is 0. The predicted octanol–water partition coefficient (Wildman–Crippen LogP) is 5.28. The van der Waals surface area contributed by atoms with Crippen molar-refractivity contribution >= 4 is 22.5 Å². The van der Waals surface area contributed by atoms with Crippen LogP contribution in [0, 0.1) is 0 Å². The quantitative estimate of drug-likeness (QED) is 0.402. The number of rotatable bonds is 7. The Bertz CT molecular complexity index is 1040. The third kappa shape index (κ3) is 3.97. The molecule has 2 atom stereocenters. The molecular weight excluding hydrogens is 368 g/mol. The van der Waals surface area contributed by atoms with Crippen LogP contribution in [-0.2, 0) is 0 Å². The zero-order valence-electron chi connectivity index (χ0n) is 15.5. The van der Waals surface area contributed by atoms with Crippen LogP contribution in [0.3, 0.4) is 0 Å². The first kappa shape index (κ1) is 18.8. The van der Waals surface area contributed by atoms with E-state index in [1.165, 1.54) is 10.9 Å². The molecule has 142 valence electrons. The van der Waals surface area contributed by atoms with Crippen molar-refractivity contribution in [2.75, 3.05) is 13.1 Å². The Morgan fingerprint density at radius 1 is 0.821 bits per heavy atom. The van der Waals surface area contributed by atoms with Crippen LogP contribution in [0.4, 0.5) is 0 Å². The van der Waals surface area contributed by atoms with E-state index in [-0.39, 0.29) is 5.92 Å². The molecular formula is C24H23ClN2O. The minimum atomic E-state index is -0.545. The molecule has 0 radical (unpaired) electrons. The molecule has 3 nitrogen and oxygen atoms in total. The second-order valence-corrected chi connectivity index (χ2v) is 7.36. The summed E-state index contributed by atoms with van der Waals surface area (Å²) in [4.78, 5) is 3.36. The van der Waals surface area contributed by atoms with Gasteiger partial charge in [0, 0.05) is 41.1 Å². The monoisotopic (exact) mass is 390 g/mol. The molecule has 3 aromatic carbocycles. The van der Waals surface area contributed by atoms with Crippen molar-refractivity contribution in [3.63, 3.8) is 0 Å². The Balaban J connectivity index is 1.58. The minimum Gasteiger partial charge on any atom is -0.387 e. The van der Waals surface area contributed by atoms with Gasteiger partial charge in [0.25, 0.3) is 0 Å². The lowest BCUT2D eigenvalue weighted by atomic mass is 9.90. The van der Waals surface area contributed by atoms with Crippen LogP contribution in [0.5, 0.6) is 0 Å². The summed E-state index contributed by atoms with van der Waals surface area (Å²) in [5.41, 5.74) is 4.30. The Labute approximate surface area is 170 Å². The maximum absolute atomic E-state index is 10.5. The van der Waals surface area contributed by atoms with Gasteiger partial charge in [-0.1, -0.05) is 78.3 Å². The van der Waals surface area contributed by atoms with Crippen molar-refractivity contribution in [2.45, 2.75) is 12.0 Å². The molecule has 0 bridgehead atoms. The number of aliphatic hydroxyl groups is 1. The summed E-state index contributed by atoms with van der Waals surface area (Å²) in [5.74, 6) is 0.0767. The normalized spacial score (nSPS) is 13.5. The number of aromatic nitrogens is 1. The van der Waals surface area contributed by atoms with E-state index in [0.717, 1.165) is 21.7 Å². The zero-order valence-corrected chi connectivity index (χ0v) is 16.2. The van der Waals surface area contributed by atoms with Crippen LogP contribution >= 0.6 is 11.6 Å². The zero-order chi connectivity index (χ0) is 19.3. The van der Waals surface area contributed by atoms with Gasteiger partial charge < -0.3 is 15.4 Å². The molecule has 4 heteroatoms. The molecule has 4 rings (SSSR count). The first-order chi connectivity index (χ1) is 13.7. The fourth-order valence-electron chi connectivity index (χ4n) is 3.68. The molecule has 0 aliphatic rings. The number of hydrogen-bond donors (Lipinski definition) is 3. The number of hydrogen-bond acceptors (Lipinski definition) is 2. The number of halogens is 1. The summed E-state index contributed by atoms with van der Waals surface area (Å²) >= 11 is 6.54. The second-order valence-electron chi connectivity index (χ2n) is 6.95. The summed E-state index contributed by atoms with van der Waals surface area (Å²) in [6.07, 6.45) is 1.52. The molecule has 0 fully saturated rings. The topological polar surface area (TPSA) is 48.0 Å². The number of para-hydroxylation sites is 1. The van der Waals surface area contributed by atoms with E-state index in [1.807, 2.05) is 54.6 Å². The number of nitrogens with one attached hydrogen (secondary N) is 2. The molecule has 1 aromatic heterocycles. The standard InChI is InChI=1S/C24H23ClN2O/c25-22-12-6-4-10-18(22)20(21-15-27-23-13-7-5-11-19(21)23)14-26-16-24(28)17-8-2-1-3-9-17/h1-13,15,20,24,26-28H,14,16H2/t20-,24-/m0/s1. The van der Waals surface area contributed by atoms with E-state index < -0.39 is 6.10 Å². The average molecular weight is 391 g/mol. The predicted molar refractivity (Wildman–Crippen MR) is 116 cm³/mol. The fourth-order valence-corrected chi connectivity index (χ4v) is 3.95. The van der Waals surface area contributed by atoms with Gasteiger partial charge in [0.1, 0.15) is 0 Å². The van der Waals surface area contributed by atoms with Crippen molar-refractivity contribution in [1.82, 2.24) is 10.3 Å². The van der Waals surface area contributed by atoms with Crippen LogP contribution < -0.4 is 5.32 Å². The molecule has 3 N–H and O–H groups in total. The van der Waals surface area contributed by atoms with E-state index in [0.29, 0.717) is 13.1 Å². The first-order valence-corrected chi connectivity index (χ1v) is 9.86. The first-order valence-electron chi connectivity index (χ1n) is 9.48. The molecule has 4 aromatic rings. The number of fused-ring (bicyclic) bond motifs is 1. The Hall–Kier alpha value is -2.59. The largest absolute Gasteiger partial charge is 0.387 e. The molecule has 0 aliphatic carbocycles. The van der Waals surface area contributed by atoms with Crippen LogP contribution in [0.1, 0.15) is 28.7 Å². The van der Waals surface area contributed by atoms with Crippen LogP contribution in [0.2, 0.25) is 5.02 Å². The summed E-state index contributed by atoms with van der Waals surface area (Å²) in [6, 6.07) is 26.0. The molecule has 0 amide bonds. The fraction of sp³-hybridized carbons (Fsp3) is 0.167. The maximum atomic E-state index is 10.5. The summed E-state index contributed by atoms with van der Waals surface area (Å²) in [6.45, 7) is 1.16. The van der Waals surface area contributed by atoms with Gasteiger partial charge in [-0.05, 0) is 28.8 Å². The van der Waals surface area contributed by atoms with E-state index >= 15 is 0 Å². The second kappa shape index (κ2) is 8.61. The van der Waals surface area contributed by atoms with Gasteiger partial charge in [-0.25, -0.2) is 0 Å². The SMILES string of the molecule is O[C@@H](CNC[C@@H](c1ccccc1Cl)c1c[nH]c2ccccc12)c1ccccc1. The highest BCUT2D eigenvalue weighted by atomic mass is 35.5. The minimum absolute atomic E-state index is 0.0767. The highest BCUT2D eigenvalue weighted by molar-refractivity contribution is 6.31. The highest BCUT2D eigenvalue weighted by Gasteiger charge is 2.20. The van der Waals surface area contributed by atoms with E-state index in [1.54, 1.807) is 0 Å². The van der Waals surface area contributed by atoms with Crippen LogP contribution in [0.25, 0.3) is 10.9 Å². The van der Waals surface area contributed by atoms with Gasteiger partial charge in [0.2, 0.25) is 0 Å². The lowest BCUT2D eigenvalue weighted by molar-refractivity contribution is 0.174. The molecule has 28 heavy (non-hydrogen) atoms. The lowest BCUT2D eigenvalue weighted by Crippen LogP contribution is -2.27. The van der Waals surface area contributed by atoms with Crippen molar-refractivity contribution in [3.8, 4) is 0 Å². The lowest BCUT2D eigenvalue weighted by Gasteiger charge is -2.21. The summed E-state index contributed by atoms with van der Waals surface area (Å²) in [7, 11) is 0. The molecule has 0 unspecified atom stereocenters. The van der Waals surface area contributed by atoms with Gasteiger partial charge in [-0.2, -0.15) is 0 Å². The van der Waals surface area contributed by atoms with Crippen LogP contribution in [0.15, 0.2) is 85.1 Å². The number of aliphatic hydroxyl groups excluding tert-OH is 1. The van der Waals surface area contributed by atoms with E-state index in [9.17, 15) is 5.11 Å². The van der Waals surface area contributed by atoms with Crippen molar-refractivity contribution in [2.24, 2.45) is 0 Å². The molecule has 0 spiro atoms. The third-order valence-corrected chi connectivity index (χ3v) is 5.49. The molecule has 0 saturated heterocycles. The van der Waals surface area contributed by atoms with Gasteiger partial charge in [0.15, 0.2) is 0 Å². The van der Waals surface area contributed by atoms with E-state index in [2.05, 4.69) is 40.8 Å². The number of benzene rings is 3. The van der Waals surface area contributed by atoms with Gasteiger partial charge in [0.05, 0.1) is 6.10 Å². The average Bonchev–Trinajstić information content (AvgIpc) is 3.16. The number of H-pyrrole nitrogens is 1. The van der Waals surface area contributed by atoms with Crippen molar-refractivity contribution in [3.05, 3.63) is 107 Å². The third-order valence-electron chi connectivity index (χ3n) is 5.15. The molecule has 0 saturated carbocycles. The maximum Gasteiger partial charge on any atom is 0.0914 e. The molecule has 1 heterocycles. The number of aromatic amines is 1. The van der Waals surface area contributed by atoms with Crippen molar-refractivity contribution < 1.29 is 5.11 Å². The Morgan fingerprint density at radius 3 is 2.36 bits per heavy atom. The highest BCUT2D eigenvalue weighted by Crippen LogP contribution is 2.34. The van der Waals surface area contributed by atoms with Crippen LogP contribution in [-0.4, -0.2) is 23.2 Å². The van der Waals surface area contributed by atoms with E-state index in [4.69, 9.17) is 11.6 Å². The van der Waals surface area contributed by atoms with Crippen molar-refractivity contribution in [1.29, 1.82) is 0 Å².